The Morgan fingerprint density at radius 2 is 1.93 bits per heavy atom. The molecular formula is C18H14N6O3. The lowest BCUT2D eigenvalue weighted by atomic mass is 10.3. The Morgan fingerprint density at radius 1 is 1.07 bits per heavy atom. The summed E-state index contributed by atoms with van der Waals surface area (Å²) in [6, 6.07) is 13.7. The Labute approximate surface area is 153 Å². The van der Waals surface area contributed by atoms with Crippen molar-refractivity contribution in [2.24, 2.45) is 0 Å². The number of nitrogens with zero attached hydrogens (tertiary/aromatic N) is 5. The SMILES string of the molecule is Cc1ccn(-c2ccc(Oc3ccc(NC(=O)c4ccno4)cc3)nn2)n1. The highest BCUT2D eigenvalue weighted by Gasteiger charge is 2.10. The van der Waals surface area contributed by atoms with Gasteiger partial charge in [-0.05, 0) is 43.3 Å². The largest absolute Gasteiger partial charge is 0.438 e. The second kappa shape index (κ2) is 7.08. The first kappa shape index (κ1) is 16.5. The zero-order chi connectivity index (χ0) is 18.6. The number of carbonyl (C=O) groups is 1. The molecule has 134 valence electrons. The summed E-state index contributed by atoms with van der Waals surface area (Å²) >= 11 is 0. The van der Waals surface area contributed by atoms with Gasteiger partial charge in [-0.2, -0.15) is 5.10 Å². The number of benzene rings is 1. The van der Waals surface area contributed by atoms with Gasteiger partial charge >= 0.3 is 0 Å². The fraction of sp³-hybridized carbons (Fsp3) is 0.0556. The maximum absolute atomic E-state index is 11.9. The van der Waals surface area contributed by atoms with E-state index < -0.39 is 0 Å². The van der Waals surface area contributed by atoms with Crippen LogP contribution in [0.15, 0.2) is 65.4 Å². The van der Waals surface area contributed by atoms with Crippen molar-refractivity contribution in [1.82, 2.24) is 25.1 Å². The highest BCUT2D eigenvalue weighted by atomic mass is 16.5. The summed E-state index contributed by atoms with van der Waals surface area (Å²) in [5.74, 6) is 1.26. The minimum absolute atomic E-state index is 0.137. The van der Waals surface area contributed by atoms with Crippen molar-refractivity contribution in [3.63, 3.8) is 0 Å². The molecule has 1 N–H and O–H groups in total. The summed E-state index contributed by atoms with van der Waals surface area (Å²) in [6.45, 7) is 1.90. The molecule has 0 fully saturated rings. The first-order valence-electron chi connectivity index (χ1n) is 8.04. The molecule has 3 heterocycles. The highest BCUT2D eigenvalue weighted by molar-refractivity contribution is 6.02. The van der Waals surface area contributed by atoms with E-state index in [9.17, 15) is 4.79 Å². The summed E-state index contributed by atoms with van der Waals surface area (Å²) in [6.07, 6.45) is 3.22. The highest BCUT2D eigenvalue weighted by Crippen LogP contribution is 2.21. The van der Waals surface area contributed by atoms with E-state index in [0.29, 0.717) is 23.1 Å². The molecule has 0 aliphatic heterocycles. The zero-order valence-corrected chi connectivity index (χ0v) is 14.2. The van der Waals surface area contributed by atoms with Gasteiger partial charge in [0.2, 0.25) is 11.6 Å². The van der Waals surface area contributed by atoms with Crippen LogP contribution in [0.3, 0.4) is 0 Å². The topological polar surface area (TPSA) is 108 Å². The molecule has 0 aliphatic carbocycles. The third-order valence-electron chi connectivity index (χ3n) is 3.58. The van der Waals surface area contributed by atoms with E-state index in [2.05, 4.69) is 25.8 Å². The second-order valence-electron chi connectivity index (χ2n) is 5.59. The van der Waals surface area contributed by atoms with Gasteiger partial charge in [0.1, 0.15) is 5.75 Å². The molecule has 0 atom stereocenters. The molecule has 27 heavy (non-hydrogen) atoms. The number of hydrogen-bond donors (Lipinski definition) is 1. The lowest BCUT2D eigenvalue weighted by molar-refractivity contribution is 0.0988. The lowest BCUT2D eigenvalue weighted by Gasteiger charge is -2.07. The lowest BCUT2D eigenvalue weighted by Crippen LogP contribution is -2.10. The van der Waals surface area contributed by atoms with E-state index in [1.54, 1.807) is 41.1 Å². The van der Waals surface area contributed by atoms with Crippen LogP contribution >= 0.6 is 0 Å². The molecule has 0 radical (unpaired) electrons. The van der Waals surface area contributed by atoms with Gasteiger partial charge in [0.25, 0.3) is 5.91 Å². The fourth-order valence-electron chi connectivity index (χ4n) is 2.28. The van der Waals surface area contributed by atoms with Crippen LogP contribution in [0.1, 0.15) is 16.2 Å². The molecular weight excluding hydrogens is 348 g/mol. The molecule has 0 saturated heterocycles. The van der Waals surface area contributed by atoms with Crippen molar-refractivity contribution < 1.29 is 14.1 Å². The average molecular weight is 362 g/mol. The van der Waals surface area contributed by atoms with Crippen molar-refractivity contribution in [2.75, 3.05) is 5.32 Å². The van der Waals surface area contributed by atoms with Crippen molar-refractivity contribution in [2.45, 2.75) is 6.92 Å². The molecule has 4 aromatic rings. The van der Waals surface area contributed by atoms with Crippen LogP contribution in [0.2, 0.25) is 0 Å². The standard InChI is InChI=1S/C18H14N6O3/c1-12-9-11-24(23-12)16-6-7-17(22-21-16)26-14-4-2-13(3-5-14)20-18(25)15-8-10-19-27-15/h2-11H,1H3,(H,20,25). The normalized spacial score (nSPS) is 10.6. The monoisotopic (exact) mass is 362 g/mol. The van der Waals surface area contributed by atoms with Gasteiger partial charge in [-0.1, -0.05) is 5.16 Å². The van der Waals surface area contributed by atoms with E-state index in [1.807, 2.05) is 19.2 Å². The van der Waals surface area contributed by atoms with Crippen molar-refractivity contribution >= 4 is 11.6 Å². The zero-order valence-electron chi connectivity index (χ0n) is 14.2. The van der Waals surface area contributed by atoms with Crippen LogP contribution < -0.4 is 10.1 Å². The van der Waals surface area contributed by atoms with Crippen LogP contribution in [-0.2, 0) is 0 Å². The van der Waals surface area contributed by atoms with Crippen LogP contribution in [0.25, 0.3) is 5.82 Å². The maximum Gasteiger partial charge on any atom is 0.294 e. The first-order chi connectivity index (χ1) is 13.2. The quantitative estimate of drug-likeness (QED) is 0.581. The third kappa shape index (κ3) is 3.82. The Kier molecular flexibility index (Phi) is 4.32. The van der Waals surface area contributed by atoms with Gasteiger partial charge < -0.3 is 14.6 Å². The van der Waals surface area contributed by atoms with Gasteiger partial charge in [0.05, 0.1) is 11.9 Å². The Bertz CT molecular complexity index is 1040. The molecule has 0 aliphatic rings. The number of rotatable bonds is 5. The second-order valence-corrected chi connectivity index (χ2v) is 5.59. The van der Waals surface area contributed by atoms with Crippen LogP contribution in [0.5, 0.6) is 11.6 Å². The molecule has 0 spiro atoms. The van der Waals surface area contributed by atoms with Gasteiger partial charge in [-0.25, -0.2) is 4.68 Å². The predicted octanol–water partition coefficient (Wildman–Crippen LogP) is 3.00. The molecule has 4 rings (SSSR count). The van der Waals surface area contributed by atoms with Crippen molar-refractivity contribution in [1.29, 1.82) is 0 Å². The number of carbonyl (C=O) groups excluding carboxylic acids is 1. The molecule has 0 saturated carbocycles. The number of amides is 1. The van der Waals surface area contributed by atoms with E-state index in [-0.39, 0.29) is 11.7 Å². The Balaban J connectivity index is 1.40. The third-order valence-corrected chi connectivity index (χ3v) is 3.58. The summed E-state index contributed by atoms with van der Waals surface area (Å²) in [7, 11) is 0. The first-order valence-corrected chi connectivity index (χ1v) is 8.04. The van der Waals surface area contributed by atoms with Crippen molar-refractivity contribution in [3.05, 3.63) is 72.4 Å². The Hall–Kier alpha value is -4.01. The van der Waals surface area contributed by atoms with Crippen LogP contribution in [-0.4, -0.2) is 31.0 Å². The number of aromatic nitrogens is 5. The molecule has 9 heteroatoms. The molecule has 9 nitrogen and oxygen atoms in total. The summed E-state index contributed by atoms with van der Waals surface area (Å²) in [5.41, 5.74) is 1.49. The molecule has 1 aromatic carbocycles. The van der Waals surface area contributed by atoms with Gasteiger partial charge in [0.15, 0.2) is 5.82 Å². The summed E-state index contributed by atoms with van der Waals surface area (Å²) < 4.78 is 12.1. The number of aryl methyl sites for hydroxylation is 1. The van der Waals surface area contributed by atoms with E-state index in [1.165, 1.54) is 12.3 Å². The van der Waals surface area contributed by atoms with E-state index in [0.717, 1.165) is 5.69 Å². The molecule has 0 bridgehead atoms. The summed E-state index contributed by atoms with van der Waals surface area (Å²) in [4.78, 5) is 11.9. The average Bonchev–Trinajstić information content (AvgIpc) is 3.36. The molecule has 0 unspecified atom stereocenters. The van der Waals surface area contributed by atoms with E-state index in [4.69, 9.17) is 9.26 Å². The van der Waals surface area contributed by atoms with E-state index >= 15 is 0 Å². The maximum atomic E-state index is 11.9. The summed E-state index contributed by atoms with van der Waals surface area (Å²) in [5, 5.41) is 18.6. The molecule has 3 aromatic heterocycles. The van der Waals surface area contributed by atoms with Crippen LogP contribution in [0, 0.1) is 6.92 Å². The van der Waals surface area contributed by atoms with Crippen molar-refractivity contribution in [3.8, 4) is 17.4 Å². The number of hydrogen-bond acceptors (Lipinski definition) is 7. The van der Waals surface area contributed by atoms with Crippen LogP contribution in [0.4, 0.5) is 5.69 Å². The number of ether oxygens (including phenoxy) is 1. The minimum atomic E-state index is -0.378. The Morgan fingerprint density at radius 3 is 2.56 bits per heavy atom. The van der Waals surface area contributed by atoms with Gasteiger partial charge in [-0.15, -0.1) is 10.2 Å². The smallest absolute Gasteiger partial charge is 0.294 e. The fourth-order valence-corrected chi connectivity index (χ4v) is 2.28. The number of anilines is 1. The predicted molar refractivity (Wildman–Crippen MR) is 94.9 cm³/mol. The van der Waals surface area contributed by atoms with Gasteiger partial charge in [-0.3, -0.25) is 4.79 Å². The molecule has 1 amide bonds. The number of nitrogens with one attached hydrogen (secondary N) is 1. The van der Waals surface area contributed by atoms with Gasteiger partial charge in [0, 0.05) is 24.0 Å². The minimum Gasteiger partial charge on any atom is -0.438 e.